The predicted octanol–water partition coefficient (Wildman–Crippen LogP) is 3.30. The normalized spacial score (nSPS) is 11.0. The first-order chi connectivity index (χ1) is 11.7. The van der Waals surface area contributed by atoms with Crippen molar-refractivity contribution in [3.8, 4) is 28.3 Å². The maximum atomic E-state index is 6.10. The molecular formula is C17H15N5OS. The minimum atomic E-state index is 0.357. The van der Waals surface area contributed by atoms with Crippen molar-refractivity contribution in [1.29, 1.82) is 0 Å². The van der Waals surface area contributed by atoms with Gasteiger partial charge in [-0.3, -0.25) is 0 Å². The van der Waals surface area contributed by atoms with Crippen molar-refractivity contribution in [2.45, 2.75) is 0 Å². The third kappa shape index (κ3) is 2.26. The van der Waals surface area contributed by atoms with Crippen molar-refractivity contribution in [2.24, 2.45) is 0 Å². The van der Waals surface area contributed by atoms with E-state index in [-0.39, 0.29) is 0 Å². The molecule has 6 nitrogen and oxygen atoms in total. The Hall–Kier alpha value is -3.06. The molecule has 0 aliphatic carbocycles. The Morgan fingerprint density at radius 2 is 1.88 bits per heavy atom. The fourth-order valence-corrected chi connectivity index (χ4v) is 3.31. The Balaban J connectivity index is 2.03. The van der Waals surface area contributed by atoms with Gasteiger partial charge in [0.05, 0.1) is 18.5 Å². The fraction of sp³-hybridized carbons (Fsp3) is 0.0588. The Morgan fingerprint density at radius 1 is 1.08 bits per heavy atom. The molecule has 0 amide bonds. The molecule has 4 aromatic rings. The molecule has 0 unspecified atom stereocenters. The summed E-state index contributed by atoms with van der Waals surface area (Å²) in [6, 6.07) is 11.4. The van der Waals surface area contributed by atoms with Gasteiger partial charge in [-0.25, -0.2) is 9.50 Å². The summed E-state index contributed by atoms with van der Waals surface area (Å²) >= 11 is 1.61. The fourth-order valence-electron chi connectivity index (χ4n) is 2.67. The standard InChI is InChI=1S/C17H15N5OS/c1-23-12-4-2-10(3-5-12)15-16(11-6-7-24-9-11)22-17(20-15)13(18)8-14(19)21-22/h2-9H,18H2,1H3,(H2,19,21). The van der Waals surface area contributed by atoms with Gasteiger partial charge in [-0.2, -0.15) is 11.3 Å². The van der Waals surface area contributed by atoms with Gasteiger partial charge in [0.25, 0.3) is 0 Å². The summed E-state index contributed by atoms with van der Waals surface area (Å²) in [5.74, 6) is 1.15. The van der Waals surface area contributed by atoms with Gasteiger partial charge in [0.2, 0.25) is 0 Å². The Bertz CT molecular complexity index is 1010. The molecule has 0 fully saturated rings. The number of benzene rings is 1. The van der Waals surface area contributed by atoms with Crippen molar-refractivity contribution in [3.05, 3.63) is 47.2 Å². The van der Waals surface area contributed by atoms with Crippen LogP contribution in [0, 0.1) is 0 Å². The van der Waals surface area contributed by atoms with Crippen molar-refractivity contribution >= 4 is 28.5 Å². The number of ether oxygens (including phenoxy) is 1. The number of nitrogens with two attached hydrogens (primary N) is 2. The van der Waals surface area contributed by atoms with Crippen LogP contribution in [0.25, 0.3) is 28.2 Å². The number of methoxy groups -OCH3 is 1. The second kappa shape index (κ2) is 5.54. The highest BCUT2D eigenvalue weighted by atomic mass is 32.1. The van der Waals surface area contributed by atoms with Gasteiger partial charge in [-0.1, -0.05) is 0 Å². The molecule has 0 aliphatic rings. The van der Waals surface area contributed by atoms with Crippen LogP contribution in [0.2, 0.25) is 0 Å². The van der Waals surface area contributed by atoms with Gasteiger partial charge in [0.15, 0.2) is 5.65 Å². The van der Waals surface area contributed by atoms with Crippen molar-refractivity contribution in [2.75, 3.05) is 18.6 Å². The number of anilines is 2. The molecule has 0 spiro atoms. The van der Waals surface area contributed by atoms with E-state index < -0.39 is 0 Å². The van der Waals surface area contributed by atoms with Crippen LogP contribution in [0.3, 0.4) is 0 Å². The van der Waals surface area contributed by atoms with Gasteiger partial charge >= 0.3 is 0 Å². The average Bonchev–Trinajstić information content (AvgIpc) is 3.22. The van der Waals surface area contributed by atoms with Gasteiger partial charge in [0.1, 0.15) is 17.3 Å². The highest BCUT2D eigenvalue weighted by molar-refractivity contribution is 7.08. The summed E-state index contributed by atoms with van der Waals surface area (Å²) in [5, 5.41) is 8.47. The van der Waals surface area contributed by atoms with Crippen LogP contribution in [-0.2, 0) is 0 Å². The number of hydrogen-bond acceptors (Lipinski definition) is 6. The number of fused-ring (bicyclic) bond motifs is 1. The molecule has 4 N–H and O–H groups in total. The molecule has 0 radical (unpaired) electrons. The van der Waals surface area contributed by atoms with Gasteiger partial charge in [-0.05, 0) is 35.7 Å². The number of hydrogen-bond donors (Lipinski definition) is 2. The third-order valence-electron chi connectivity index (χ3n) is 3.79. The molecule has 24 heavy (non-hydrogen) atoms. The van der Waals surface area contributed by atoms with Gasteiger partial charge < -0.3 is 16.2 Å². The van der Waals surface area contributed by atoms with Crippen molar-refractivity contribution in [3.63, 3.8) is 0 Å². The molecule has 7 heteroatoms. The smallest absolute Gasteiger partial charge is 0.178 e. The van der Waals surface area contributed by atoms with Crippen LogP contribution in [0.5, 0.6) is 5.75 Å². The van der Waals surface area contributed by atoms with Gasteiger partial charge in [0, 0.05) is 22.6 Å². The van der Waals surface area contributed by atoms with E-state index in [1.54, 1.807) is 29.0 Å². The first-order valence-corrected chi connectivity index (χ1v) is 8.23. The van der Waals surface area contributed by atoms with E-state index in [0.717, 1.165) is 28.3 Å². The Labute approximate surface area is 142 Å². The SMILES string of the molecule is COc1ccc(-c2nc3c(N)cc(N)nn3c2-c2ccsc2)cc1. The minimum absolute atomic E-state index is 0.357. The molecule has 120 valence electrons. The molecule has 3 heterocycles. The quantitative estimate of drug-likeness (QED) is 0.598. The number of thiophene rings is 1. The molecule has 1 aromatic carbocycles. The lowest BCUT2D eigenvalue weighted by atomic mass is 10.1. The van der Waals surface area contributed by atoms with E-state index in [2.05, 4.69) is 10.5 Å². The van der Waals surface area contributed by atoms with E-state index in [9.17, 15) is 0 Å². The minimum Gasteiger partial charge on any atom is -0.497 e. The van der Waals surface area contributed by atoms with Crippen molar-refractivity contribution < 1.29 is 4.74 Å². The Kier molecular flexibility index (Phi) is 3.35. The summed E-state index contributed by atoms with van der Waals surface area (Å²) in [5.41, 5.74) is 16.7. The predicted molar refractivity (Wildman–Crippen MR) is 97.1 cm³/mol. The second-order valence-corrected chi connectivity index (χ2v) is 6.09. The summed E-state index contributed by atoms with van der Waals surface area (Å²) in [6.07, 6.45) is 0. The van der Waals surface area contributed by atoms with Crippen LogP contribution in [0.4, 0.5) is 11.5 Å². The van der Waals surface area contributed by atoms with E-state index >= 15 is 0 Å². The number of aromatic nitrogens is 3. The van der Waals surface area contributed by atoms with Gasteiger partial charge in [-0.15, -0.1) is 5.10 Å². The molecule has 0 atom stereocenters. The van der Waals surface area contributed by atoms with Crippen LogP contribution in [-0.4, -0.2) is 21.7 Å². The number of rotatable bonds is 3. The first kappa shape index (κ1) is 14.5. The lowest BCUT2D eigenvalue weighted by Gasteiger charge is -2.05. The maximum Gasteiger partial charge on any atom is 0.178 e. The largest absolute Gasteiger partial charge is 0.497 e. The molecule has 0 aliphatic heterocycles. The molecule has 0 saturated heterocycles. The van der Waals surface area contributed by atoms with E-state index in [1.807, 2.05) is 35.7 Å². The van der Waals surface area contributed by atoms with E-state index in [1.165, 1.54) is 0 Å². The lowest BCUT2D eigenvalue weighted by Crippen LogP contribution is -2.02. The molecule has 3 aromatic heterocycles. The molecular weight excluding hydrogens is 322 g/mol. The number of nitrogen functional groups attached to an aromatic ring is 2. The zero-order valence-electron chi connectivity index (χ0n) is 12.9. The summed E-state index contributed by atoms with van der Waals surface area (Å²) in [6.45, 7) is 0. The van der Waals surface area contributed by atoms with Crippen LogP contribution in [0.1, 0.15) is 0 Å². The van der Waals surface area contributed by atoms with Crippen LogP contribution < -0.4 is 16.2 Å². The Morgan fingerprint density at radius 3 is 2.54 bits per heavy atom. The summed E-state index contributed by atoms with van der Waals surface area (Å²) in [7, 11) is 1.64. The second-order valence-electron chi connectivity index (χ2n) is 5.31. The highest BCUT2D eigenvalue weighted by Crippen LogP contribution is 2.35. The summed E-state index contributed by atoms with van der Waals surface area (Å²) in [4.78, 5) is 4.72. The zero-order chi connectivity index (χ0) is 16.7. The van der Waals surface area contributed by atoms with Crippen LogP contribution in [0.15, 0.2) is 47.2 Å². The third-order valence-corrected chi connectivity index (χ3v) is 4.47. The van der Waals surface area contributed by atoms with Crippen molar-refractivity contribution in [1.82, 2.24) is 14.6 Å². The highest BCUT2D eigenvalue weighted by Gasteiger charge is 2.19. The van der Waals surface area contributed by atoms with Crippen LogP contribution >= 0.6 is 11.3 Å². The first-order valence-electron chi connectivity index (χ1n) is 7.29. The number of nitrogens with zero attached hydrogens (tertiary/aromatic N) is 3. The van der Waals surface area contributed by atoms with E-state index in [4.69, 9.17) is 21.2 Å². The molecule has 0 saturated carbocycles. The molecule has 4 rings (SSSR count). The monoisotopic (exact) mass is 337 g/mol. The lowest BCUT2D eigenvalue weighted by molar-refractivity contribution is 0.415. The maximum absolute atomic E-state index is 6.10. The average molecular weight is 337 g/mol. The summed E-state index contributed by atoms with van der Waals surface area (Å²) < 4.78 is 6.94. The molecule has 0 bridgehead atoms. The van der Waals surface area contributed by atoms with E-state index in [0.29, 0.717) is 17.2 Å². The zero-order valence-corrected chi connectivity index (χ0v) is 13.7. The number of imidazole rings is 1. The topological polar surface area (TPSA) is 91.5 Å².